The third-order valence-corrected chi connectivity index (χ3v) is 4.26. The number of hydrogen-bond acceptors (Lipinski definition) is 5. The Balaban J connectivity index is 2.43. The molecule has 0 aliphatic carbocycles. The van der Waals surface area contributed by atoms with Gasteiger partial charge in [-0.1, -0.05) is 4.40 Å². The van der Waals surface area contributed by atoms with Gasteiger partial charge in [-0.15, -0.1) is 0 Å². The number of benzene rings is 1. The summed E-state index contributed by atoms with van der Waals surface area (Å²) in [5, 5.41) is 10.8. The van der Waals surface area contributed by atoms with Gasteiger partial charge in [0, 0.05) is 17.7 Å². The average molecular weight is 296 g/mol. The maximum atomic E-state index is 12.1. The molecule has 0 bridgehead atoms. The molecular weight excluding hydrogens is 280 g/mol. The molecule has 0 saturated carbocycles. The van der Waals surface area contributed by atoms with Crippen LogP contribution in [0.1, 0.15) is 31.9 Å². The molecule has 1 aliphatic rings. The lowest BCUT2D eigenvalue weighted by Gasteiger charge is -2.22. The van der Waals surface area contributed by atoms with Crippen LogP contribution in [0.15, 0.2) is 22.6 Å². The Morgan fingerprint density at radius 3 is 2.65 bits per heavy atom. The summed E-state index contributed by atoms with van der Waals surface area (Å²) >= 11 is -1.42. The average Bonchev–Trinajstić information content (AvgIpc) is 2.37. The van der Waals surface area contributed by atoms with Gasteiger partial charge in [-0.05, 0) is 32.4 Å². The van der Waals surface area contributed by atoms with Crippen LogP contribution in [0.3, 0.4) is 0 Å². The van der Waals surface area contributed by atoms with Crippen molar-refractivity contribution in [3.8, 4) is 0 Å². The molecule has 0 radical (unpaired) electrons. The minimum atomic E-state index is -1.42. The Bertz CT molecular complexity index is 566. The second kappa shape index (κ2) is 5.51. The van der Waals surface area contributed by atoms with E-state index in [1.165, 1.54) is 12.1 Å². The van der Waals surface area contributed by atoms with Gasteiger partial charge in [0.05, 0.1) is 18.1 Å². The largest absolute Gasteiger partial charge is 0.591 e. The van der Waals surface area contributed by atoms with Gasteiger partial charge in [0.25, 0.3) is 5.69 Å². The maximum absolute atomic E-state index is 12.1. The first-order valence-electron chi connectivity index (χ1n) is 6.14. The molecule has 1 aromatic carbocycles. The Morgan fingerprint density at radius 2 is 2.05 bits per heavy atom. The molecular formula is C13H16N2O4S. The van der Waals surface area contributed by atoms with Gasteiger partial charge >= 0.3 is 0 Å². The third-order valence-electron chi connectivity index (χ3n) is 2.83. The molecule has 1 heterocycles. The standard InChI is InChI=1S/C13H16N2O4S/c1-13(2,3)20(18)14-12-8-19-7-9-4-5-10(15(16)17)6-11(9)12/h4-6H,7-8H2,1-3H3. The molecule has 0 aromatic heterocycles. The van der Waals surface area contributed by atoms with Crippen LogP contribution in [0.5, 0.6) is 0 Å². The molecule has 0 fully saturated rings. The molecule has 1 aromatic rings. The van der Waals surface area contributed by atoms with E-state index in [0.717, 1.165) is 5.56 Å². The van der Waals surface area contributed by atoms with Gasteiger partial charge < -0.3 is 9.29 Å². The summed E-state index contributed by atoms with van der Waals surface area (Å²) in [5.41, 5.74) is 1.98. The monoisotopic (exact) mass is 296 g/mol. The predicted octanol–water partition coefficient (Wildman–Crippen LogP) is 2.38. The molecule has 0 N–H and O–H groups in total. The second-order valence-corrected chi connectivity index (χ2v) is 7.40. The van der Waals surface area contributed by atoms with Crippen molar-refractivity contribution in [2.24, 2.45) is 4.40 Å². The van der Waals surface area contributed by atoms with Crippen LogP contribution in [0.25, 0.3) is 0 Å². The molecule has 1 unspecified atom stereocenters. The van der Waals surface area contributed by atoms with E-state index in [0.29, 0.717) is 17.9 Å². The summed E-state index contributed by atoms with van der Waals surface area (Å²) in [6.45, 7) is 6.08. The summed E-state index contributed by atoms with van der Waals surface area (Å²) in [6.07, 6.45) is 0. The van der Waals surface area contributed by atoms with Crippen molar-refractivity contribution in [2.75, 3.05) is 6.61 Å². The van der Waals surface area contributed by atoms with Gasteiger partial charge in [0.2, 0.25) is 0 Å². The highest BCUT2D eigenvalue weighted by atomic mass is 32.2. The molecule has 20 heavy (non-hydrogen) atoms. The fourth-order valence-corrected chi connectivity index (χ4v) is 2.35. The van der Waals surface area contributed by atoms with Crippen LogP contribution in [0.2, 0.25) is 0 Å². The first-order chi connectivity index (χ1) is 9.29. The van der Waals surface area contributed by atoms with Gasteiger partial charge in [-0.25, -0.2) is 0 Å². The fraction of sp³-hybridized carbons (Fsp3) is 0.462. The molecule has 7 heteroatoms. The number of nitro benzene ring substituents is 1. The molecule has 1 aliphatic heterocycles. The lowest BCUT2D eigenvalue weighted by atomic mass is 10.0. The molecule has 2 rings (SSSR count). The van der Waals surface area contributed by atoms with Crippen molar-refractivity contribution in [3.05, 3.63) is 39.4 Å². The van der Waals surface area contributed by atoms with E-state index in [1.807, 2.05) is 20.8 Å². The van der Waals surface area contributed by atoms with Crippen molar-refractivity contribution >= 4 is 22.8 Å². The van der Waals surface area contributed by atoms with Crippen molar-refractivity contribution in [1.82, 2.24) is 0 Å². The number of nitrogens with zero attached hydrogens (tertiary/aromatic N) is 2. The number of rotatable bonds is 2. The molecule has 0 amide bonds. The zero-order chi connectivity index (χ0) is 14.9. The Hall–Kier alpha value is -1.44. The normalized spacial score (nSPS) is 18.7. The zero-order valence-corrected chi connectivity index (χ0v) is 12.4. The van der Waals surface area contributed by atoms with E-state index >= 15 is 0 Å². The van der Waals surface area contributed by atoms with E-state index in [2.05, 4.69) is 4.40 Å². The molecule has 0 saturated heterocycles. The lowest BCUT2D eigenvalue weighted by Crippen LogP contribution is -2.29. The summed E-state index contributed by atoms with van der Waals surface area (Å²) in [7, 11) is 0. The van der Waals surface area contributed by atoms with Crippen molar-refractivity contribution < 1.29 is 14.2 Å². The smallest absolute Gasteiger partial charge is 0.270 e. The topological polar surface area (TPSA) is 87.8 Å². The number of nitro groups is 1. The van der Waals surface area contributed by atoms with E-state index in [4.69, 9.17) is 4.74 Å². The van der Waals surface area contributed by atoms with Crippen LogP contribution in [0, 0.1) is 10.1 Å². The van der Waals surface area contributed by atoms with E-state index in [9.17, 15) is 14.7 Å². The lowest BCUT2D eigenvalue weighted by molar-refractivity contribution is -0.384. The summed E-state index contributed by atoms with van der Waals surface area (Å²) < 4.78 is 21.2. The zero-order valence-electron chi connectivity index (χ0n) is 11.6. The van der Waals surface area contributed by atoms with Gasteiger partial charge in [0.1, 0.15) is 21.8 Å². The highest BCUT2D eigenvalue weighted by molar-refractivity contribution is 7.91. The highest BCUT2D eigenvalue weighted by Gasteiger charge is 2.29. The molecule has 1 atom stereocenters. The summed E-state index contributed by atoms with van der Waals surface area (Å²) in [5.74, 6) is 0. The SMILES string of the molecule is CC(C)(C)[S+]([O-])N=C1COCc2ccc([N+](=O)[O-])cc21. The minimum absolute atomic E-state index is 0.000101. The summed E-state index contributed by atoms with van der Waals surface area (Å²) in [4.78, 5) is 10.4. The maximum Gasteiger partial charge on any atom is 0.270 e. The first-order valence-corrected chi connectivity index (χ1v) is 7.24. The van der Waals surface area contributed by atoms with Gasteiger partial charge in [-0.3, -0.25) is 10.1 Å². The molecule has 108 valence electrons. The van der Waals surface area contributed by atoms with E-state index in [1.54, 1.807) is 6.07 Å². The summed E-state index contributed by atoms with van der Waals surface area (Å²) in [6, 6.07) is 4.56. The van der Waals surface area contributed by atoms with Crippen LogP contribution in [0.4, 0.5) is 5.69 Å². The van der Waals surface area contributed by atoms with Crippen LogP contribution in [-0.4, -0.2) is 26.5 Å². The third kappa shape index (κ3) is 3.17. The molecule has 0 spiro atoms. The van der Waals surface area contributed by atoms with Crippen molar-refractivity contribution in [2.45, 2.75) is 32.1 Å². The quantitative estimate of drug-likeness (QED) is 0.476. The predicted molar refractivity (Wildman–Crippen MR) is 77.2 cm³/mol. The Labute approximate surface area is 120 Å². The highest BCUT2D eigenvalue weighted by Crippen LogP contribution is 2.25. The van der Waals surface area contributed by atoms with E-state index < -0.39 is 21.0 Å². The van der Waals surface area contributed by atoms with Crippen molar-refractivity contribution in [3.63, 3.8) is 0 Å². The van der Waals surface area contributed by atoms with Crippen LogP contribution in [-0.2, 0) is 22.7 Å². The second-order valence-electron chi connectivity index (χ2n) is 5.49. The van der Waals surface area contributed by atoms with Gasteiger partial charge in [0.15, 0.2) is 0 Å². The number of hydrogen-bond donors (Lipinski definition) is 0. The fourth-order valence-electron chi connectivity index (χ4n) is 1.72. The van der Waals surface area contributed by atoms with Crippen LogP contribution < -0.4 is 0 Å². The van der Waals surface area contributed by atoms with E-state index in [-0.39, 0.29) is 12.3 Å². The number of ether oxygens (including phenoxy) is 1. The van der Waals surface area contributed by atoms with Gasteiger partial charge in [-0.2, -0.15) is 0 Å². The Morgan fingerprint density at radius 1 is 1.35 bits per heavy atom. The number of fused-ring (bicyclic) bond motifs is 1. The number of non-ortho nitro benzene ring substituents is 1. The first kappa shape index (κ1) is 15.0. The van der Waals surface area contributed by atoms with Crippen LogP contribution >= 0.6 is 0 Å². The molecule has 6 nitrogen and oxygen atoms in total. The Kier molecular flexibility index (Phi) is 4.12. The van der Waals surface area contributed by atoms with Crippen molar-refractivity contribution in [1.29, 1.82) is 0 Å². The minimum Gasteiger partial charge on any atom is -0.591 e.